The number of aromatic nitrogens is 2. The summed E-state index contributed by atoms with van der Waals surface area (Å²) >= 11 is 0. The van der Waals surface area contributed by atoms with Crippen molar-refractivity contribution in [2.45, 2.75) is 13.5 Å². The van der Waals surface area contributed by atoms with Gasteiger partial charge in [-0.15, -0.1) is 0 Å². The molecule has 3 heteroatoms. The Labute approximate surface area is 74.2 Å². The summed E-state index contributed by atoms with van der Waals surface area (Å²) in [6.07, 6.45) is 3.83. The summed E-state index contributed by atoms with van der Waals surface area (Å²) in [5.74, 6) is 0. The first kappa shape index (κ1) is 9.26. The van der Waals surface area contributed by atoms with Gasteiger partial charge in [0.1, 0.15) is 0 Å². The van der Waals surface area contributed by atoms with Crippen LogP contribution in [0.5, 0.6) is 0 Å². The van der Waals surface area contributed by atoms with E-state index in [1.54, 1.807) is 0 Å². The molecule has 0 aromatic carbocycles. The smallest absolute Gasteiger partial charge is 0.0981 e. The van der Waals surface area contributed by atoms with E-state index in [-0.39, 0.29) is 0 Å². The van der Waals surface area contributed by atoms with Gasteiger partial charge in [0, 0.05) is 12.4 Å². The highest BCUT2D eigenvalue weighted by Gasteiger charge is 2.10. The third-order valence-corrected chi connectivity index (χ3v) is 2.35. The van der Waals surface area contributed by atoms with Crippen LogP contribution in [-0.4, -0.2) is 41.4 Å². The van der Waals surface area contributed by atoms with Crippen LogP contribution >= 0.6 is 0 Å². The zero-order valence-electron chi connectivity index (χ0n) is 8.20. The van der Waals surface area contributed by atoms with E-state index in [1.165, 1.54) is 6.54 Å². The van der Waals surface area contributed by atoms with Crippen molar-refractivity contribution in [1.29, 1.82) is 0 Å². The zero-order chi connectivity index (χ0) is 9.03. The Morgan fingerprint density at radius 3 is 2.67 bits per heavy atom. The average Bonchev–Trinajstić information content (AvgIpc) is 2.53. The number of hydrogen-bond acceptors (Lipinski definition) is 1. The van der Waals surface area contributed by atoms with Gasteiger partial charge in [0.05, 0.1) is 33.7 Å². The van der Waals surface area contributed by atoms with Crippen LogP contribution in [0.25, 0.3) is 0 Å². The number of quaternary nitrogens is 1. The first-order chi connectivity index (χ1) is 5.64. The first-order valence-electron chi connectivity index (χ1n) is 4.43. The molecule has 1 aromatic heterocycles. The van der Waals surface area contributed by atoms with Crippen LogP contribution < -0.4 is 0 Å². The van der Waals surface area contributed by atoms with Crippen molar-refractivity contribution in [3.05, 3.63) is 18.5 Å². The summed E-state index contributed by atoms with van der Waals surface area (Å²) in [5, 5.41) is 4.16. The third kappa shape index (κ3) is 2.66. The van der Waals surface area contributed by atoms with Gasteiger partial charge in [0.15, 0.2) is 0 Å². The minimum Gasteiger partial charge on any atom is -0.327 e. The number of likely N-dealkylation sites (N-methyl/N-ethyl adjacent to an activating group) is 1. The van der Waals surface area contributed by atoms with Crippen molar-refractivity contribution in [1.82, 2.24) is 9.78 Å². The summed E-state index contributed by atoms with van der Waals surface area (Å²) < 4.78 is 3.04. The molecule has 0 radical (unpaired) electrons. The van der Waals surface area contributed by atoms with E-state index >= 15 is 0 Å². The molecule has 1 rings (SSSR count). The highest BCUT2D eigenvalue weighted by atomic mass is 15.3. The largest absolute Gasteiger partial charge is 0.327 e. The van der Waals surface area contributed by atoms with E-state index in [9.17, 15) is 0 Å². The fourth-order valence-electron chi connectivity index (χ4n) is 0.964. The van der Waals surface area contributed by atoms with Gasteiger partial charge in [-0.3, -0.25) is 4.68 Å². The number of hydrogen-bond donors (Lipinski definition) is 0. The maximum absolute atomic E-state index is 4.16. The molecule has 0 amide bonds. The molecule has 0 spiro atoms. The minimum absolute atomic E-state index is 1.01. The molecule has 0 aliphatic carbocycles. The van der Waals surface area contributed by atoms with Crippen molar-refractivity contribution in [3.8, 4) is 0 Å². The van der Waals surface area contributed by atoms with E-state index in [1.807, 2.05) is 23.1 Å². The molecular weight excluding hydrogens is 150 g/mol. The molecule has 1 heterocycles. The predicted octanol–water partition coefficient (Wildman–Crippen LogP) is 0.979. The van der Waals surface area contributed by atoms with Gasteiger partial charge in [0.25, 0.3) is 0 Å². The third-order valence-electron chi connectivity index (χ3n) is 2.35. The quantitative estimate of drug-likeness (QED) is 0.613. The Morgan fingerprint density at radius 1 is 1.42 bits per heavy atom. The second-order valence-electron chi connectivity index (χ2n) is 3.74. The van der Waals surface area contributed by atoms with Crippen LogP contribution in [-0.2, 0) is 6.54 Å². The van der Waals surface area contributed by atoms with Crippen LogP contribution in [0.1, 0.15) is 6.92 Å². The maximum atomic E-state index is 4.16. The van der Waals surface area contributed by atoms with Crippen LogP contribution in [0.2, 0.25) is 0 Å². The van der Waals surface area contributed by atoms with E-state index in [0.717, 1.165) is 17.6 Å². The summed E-state index contributed by atoms with van der Waals surface area (Å²) in [6.45, 7) is 5.52. The van der Waals surface area contributed by atoms with Gasteiger partial charge < -0.3 is 4.48 Å². The summed E-state index contributed by atoms with van der Waals surface area (Å²) in [6, 6.07) is 1.96. The van der Waals surface area contributed by atoms with Crippen molar-refractivity contribution in [2.24, 2.45) is 0 Å². The first-order valence-corrected chi connectivity index (χ1v) is 4.43. The fourth-order valence-corrected chi connectivity index (χ4v) is 0.964. The maximum Gasteiger partial charge on any atom is 0.0981 e. The van der Waals surface area contributed by atoms with Gasteiger partial charge in [0.2, 0.25) is 0 Å². The van der Waals surface area contributed by atoms with E-state index < -0.39 is 0 Å². The van der Waals surface area contributed by atoms with Crippen molar-refractivity contribution >= 4 is 0 Å². The molecule has 0 bridgehead atoms. The normalized spacial score (nSPS) is 11.9. The van der Waals surface area contributed by atoms with Gasteiger partial charge in [-0.05, 0) is 13.0 Å². The summed E-state index contributed by atoms with van der Waals surface area (Å²) in [7, 11) is 4.48. The Kier molecular flexibility index (Phi) is 2.87. The van der Waals surface area contributed by atoms with Crippen molar-refractivity contribution in [3.63, 3.8) is 0 Å². The summed E-state index contributed by atoms with van der Waals surface area (Å²) in [5.41, 5.74) is 0. The molecule has 0 saturated heterocycles. The lowest BCUT2D eigenvalue weighted by Crippen LogP contribution is -2.41. The molecule has 0 N–H and O–H groups in total. The highest BCUT2D eigenvalue weighted by molar-refractivity contribution is 4.77. The van der Waals surface area contributed by atoms with Crippen molar-refractivity contribution in [2.75, 3.05) is 27.2 Å². The van der Waals surface area contributed by atoms with Gasteiger partial charge in [-0.2, -0.15) is 5.10 Å². The van der Waals surface area contributed by atoms with Crippen LogP contribution in [0.3, 0.4) is 0 Å². The molecule has 0 atom stereocenters. The topological polar surface area (TPSA) is 17.8 Å². The molecule has 0 aliphatic rings. The molecule has 0 saturated carbocycles. The lowest BCUT2D eigenvalue weighted by atomic mass is 10.4. The molecule has 0 unspecified atom stereocenters. The number of rotatable bonds is 4. The lowest BCUT2D eigenvalue weighted by Gasteiger charge is -2.27. The van der Waals surface area contributed by atoms with E-state index in [0.29, 0.717) is 0 Å². The van der Waals surface area contributed by atoms with Crippen LogP contribution in [0, 0.1) is 0 Å². The number of nitrogens with zero attached hydrogens (tertiary/aromatic N) is 3. The monoisotopic (exact) mass is 168 g/mol. The Bertz CT molecular complexity index is 214. The molecule has 1 aromatic rings. The standard InChI is InChI=1S/C9H18N3/c1-4-12(2,3)9-8-11-7-5-6-10-11/h5-7H,4,8-9H2,1-3H3/q+1. The molecule has 0 aliphatic heterocycles. The second-order valence-corrected chi connectivity index (χ2v) is 3.74. The molecule has 3 nitrogen and oxygen atoms in total. The molecule has 68 valence electrons. The summed E-state index contributed by atoms with van der Waals surface area (Å²) in [4.78, 5) is 0. The van der Waals surface area contributed by atoms with Gasteiger partial charge in [-0.1, -0.05) is 0 Å². The Morgan fingerprint density at radius 2 is 2.17 bits per heavy atom. The van der Waals surface area contributed by atoms with Gasteiger partial charge >= 0.3 is 0 Å². The Balaban J connectivity index is 2.36. The van der Waals surface area contributed by atoms with Crippen molar-refractivity contribution < 1.29 is 4.48 Å². The molecule has 0 fully saturated rings. The van der Waals surface area contributed by atoms with Crippen LogP contribution in [0.15, 0.2) is 18.5 Å². The zero-order valence-corrected chi connectivity index (χ0v) is 8.20. The minimum atomic E-state index is 1.01. The van der Waals surface area contributed by atoms with E-state index in [4.69, 9.17) is 0 Å². The second kappa shape index (κ2) is 3.72. The highest BCUT2D eigenvalue weighted by Crippen LogP contribution is 1.96. The van der Waals surface area contributed by atoms with Gasteiger partial charge in [-0.25, -0.2) is 0 Å². The SMILES string of the molecule is CC[N+](C)(C)CCn1cccn1. The lowest BCUT2D eigenvalue weighted by molar-refractivity contribution is -0.889. The van der Waals surface area contributed by atoms with Crippen LogP contribution in [0.4, 0.5) is 0 Å². The predicted molar refractivity (Wildman–Crippen MR) is 49.7 cm³/mol. The van der Waals surface area contributed by atoms with E-state index in [2.05, 4.69) is 26.1 Å². The Hall–Kier alpha value is -0.830. The fraction of sp³-hybridized carbons (Fsp3) is 0.667. The molecule has 12 heavy (non-hydrogen) atoms. The molecular formula is C9H18N3+. The average molecular weight is 168 g/mol.